The highest BCUT2D eigenvalue weighted by molar-refractivity contribution is 6.29. The summed E-state index contributed by atoms with van der Waals surface area (Å²) in [6.45, 7) is 5.70. The molecule has 9 nitrogen and oxygen atoms in total. The van der Waals surface area contributed by atoms with Gasteiger partial charge in [-0.1, -0.05) is 11.6 Å². The molecule has 2 aromatic rings. The highest BCUT2D eigenvalue weighted by Crippen LogP contribution is 2.25. The van der Waals surface area contributed by atoms with Crippen molar-refractivity contribution in [3.8, 4) is 11.5 Å². The molecule has 0 aliphatic heterocycles. The first-order valence-corrected chi connectivity index (χ1v) is 8.82. The molecule has 0 radical (unpaired) electrons. The minimum atomic E-state index is -0.639. The lowest BCUT2D eigenvalue weighted by Gasteiger charge is -2.20. The molecule has 28 heavy (non-hydrogen) atoms. The summed E-state index contributed by atoms with van der Waals surface area (Å²) in [7, 11) is 3.17. The minimum absolute atomic E-state index is 0.202. The molecule has 10 heteroatoms. The lowest BCUT2D eigenvalue weighted by Crippen LogP contribution is -2.36. The van der Waals surface area contributed by atoms with Crippen molar-refractivity contribution in [3.05, 3.63) is 35.0 Å². The Kier molecular flexibility index (Phi) is 7.11. The van der Waals surface area contributed by atoms with Crippen molar-refractivity contribution in [2.45, 2.75) is 32.9 Å². The van der Waals surface area contributed by atoms with E-state index >= 15 is 0 Å². The van der Waals surface area contributed by atoms with Gasteiger partial charge >= 0.3 is 6.09 Å². The van der Waals surface area contributed by atoms with Crippen molar-refractivity contribution in [3.63, 3.8) is 0 Å². The molecule has 152 valence electrons. The van der Waals surface area contributed by atoms with Gasteiger partial charge in [-0.2, -0.15) is 4.98 Å². The fourth-order valence-corrected chi connectivity index (χ4v) is 2.33. The maximum atomic E-state index is 11.7. The van der Waals surface area contributed by atoms with Gasteiger partial charge in [0.1, 0.15) is 22.3 Å². The Labute approximate surface area is 168 Å². The number of amides is 1. The van der Waals surface area contributed by atoms with Crippen LogP contribution in [0.5, 0.6) is 11.5 Å². The number of anilines is 2. The van der Waals surface area contributed by atoms with Crippen LogP contribution in [0.25, 0.3) is 0 Å². The van der Waals surface area contributed by atoms with Crippen LogP contribution in [0.15, 0.2) is 24.3 Å². The second kappa shape index (κ2) is 9.32. The summed E-state index contributed by atoms with van der Waals surface area (Å²) in [6.07, 6.45) is -0.639. The molecule has 2 rings (SSSR count). The Balaban J connectivity index is 2.02. The highest BCUT2D eigenvalue weighted by atomic mass is 35.5. The third-order valence-electron chi connectivity index (χ3n) is 3.32. The van der Waals surface area contributed by atoms with Crippen LogP contribution in [-0.2, 0) is 11.3 Å². The molecule has 1 aromatic heterocycles. The van der Waals surface area contributed by atoms with Crippen LogP contribution in [0.3, 0.4) is 0 Å². The average molecular weight is 410 g/mol. The number of aromatic nitrogens is 2. The normalized spacial score (nSPS) is 10.8. The quantitative estimate of drug-likeness (QED) is 0.470. The van der Waals surface area contributed by atoms with E-state index in [1.807, 2.05) is 12.1 Å². The fraction of sp³-hybridized carbons (Fsp3) is 0.389. The molecule has 0 saturated heterocycles. The molecule has 0 aliphatic carbocycles. The first kappa shape index (κ1) is 21.4. The fourth-order valence-electron chi connectivity index (χ4n) is 2.15. The van der Waals surface area contributed by atoms with Gasteiger partial charge in [0.2, 0.25) is 5.95 Å². The molecular formula is C18H24ClN5O4. The van der Waals surface area contributed by atoms with Gasteiger partial charge in [0.05, 0.1) is 14.2 Å². The van der Waals surface area contributed by atoms with Crippen molar-refractivity contribution in [2.24, 2.45) is 0 Å². The minimum Gasteiger partial charge on any atom is -0.497 e. The van der Waals surface area contributed by atoms with E-state index in [1.54, 1.807) is 41.1 Å². The summed E-state index contributed by atoms with van der Waals surface area (Å²) in [6, 6.07) is 6.96. The molecular weight excluding hydrogens is 386 g/mol. The third-order valence-corrected chi connectivity index (χ3v) is 3.51. The second-order valence-electron chi connectivity index (χ2n) is 6.68. The summed E-state index contributed by atoms with van der Waals surface area (Å²) < 4.78 is 15.7. The number of hydrogen-bond acceptors (Lipinski definition) is 8. The number of ether oxygens (including phenoxy) is 3. The van der Waals surface area contributed by atoms with Crippen LogP contribution in [0.2, 0.25) is 5.15 Å². The molecule has 0 fully saturated rings. The van der Waals surface area contributed by atoms with Crippen LogP contribution in [0.4, 0.5) is 16.6 Å². The van der Waals surface area contributed by atoms with Crippen LogP contribution in [0, 0.1) is 0 Å². The number of carbonyl (C=O) groups is 1. The molecule has 0 spiro atoms. The number of methoxy groups -OCH3 is 2. The van der Waals surface area contributed by atoms with Gasteiger partial charge in [0, 0.05) is 24.2 Å². The second-order valence-corrected chi connectivity index (χ2v) is 7.07. The van der Waals surface area contributed by atoms with Gasteiger partial charge in [-0.15, -0.1) is 0 Å². The van der Waals surface area contributed by atoms with Crippen molar-refractivity contribution in [1.82, 2.24) is 15.4 Å². The number of nitrogens with one attached hydrogen (secondary N) is 3. The number of benzene rings is 1. The molecule has 0 unspecified atom stereocenters. The summed E-state index contributed by atoms with van der Waals surface area (Å²) in [5, 5.41) is 3.27. The van der Waals surface area contributed by atoms with Crippen molar-refractivity contribution < 1.29 is 19.0 Å². The molecule has 0 bridgehead atoms. The molecule has 0 aliphatic rings. The van der Waals surface area contributed by atoms with Gasteiger partial charge in [0.15, 0.2) is 5.82 Å². The average Bonchev–Trinajstić information content (AvgIpc) is 2.63. The Hall–Kier alpha value is -2.94. The van der Waals surface area contributed by atoms with E-state index in [9.17, 15) is 4.79 Å². The maximum absolute atomic E-state index is 11.7. The number of halogens is 1. The van der Waals surface area contributed by atoms with E-state index in [4.69, 9.17) is 25.8 Å². The Bertz CT molecular complexity index is 826. The number of carbonyl (C=O) groups excluding carboxylic acids is 1. The van der Waals surface area contributed by atoms with Gasteiger partial charge in [-0.3, -0.25) is 5.43 Å². The highest BCUT2D eigenvalue weighted by Gasteiger charge is 2.16. The first-order chi connectivity index (χ1) is 13.2. The lowest BCUT2D eigenvalue weighted by atomic mass is 10.2. The summed E-state index contributed by atoms with van der Waals surface area (Å²) in [4.78, 5) is 20.1. The van der Waals surface area contributed by atoms with Crippen LogP contribution in [-0.4, -0.2) is 35.9 Å². The van der Waals surface area contributed by atoms with Crippen molar-refractivity contribution >= 4 is 29.5 Å². The van der Waals surface area contributed by atoms with Gasteiger partial charge in [0.25, 0.3) is 0 Å². The van der Waals surface area contributed by atoms with E-state index in [0.29, 0.717) is 23.9 Å². The first-order valence-electron chi connectivity index (χ1n) is 8.44. The zero-order valence-corrected chi connectivity index (χ0v) is 17.2. The zero-order valence-electron chi connectivity index (χ0n) is 16.4. The van der Waals surface area contributed by atoms with Crippen molar-refractivity contribution in [1.29, 1.82) is 0 Å². The summed E-state index contributed by atoms with van der Waals surface area (Å²) in [5.74, 6) is 1.94. The Morgan fingerprint density at radius 3 is 2.54 bits per heavy atom. The number of rotatable bonds is 7. The van der Waals surface area contributed by atoms with E-state index < -0.39 is 11.7 Å². The Morgan fingerprint density at radius 1 is 1.14 bits per heavy atom. The van der Waals surface area contributed by atoms with E-state index in [2.05, 4.69) is 26.1 Å². The summed E-state index contributed by atoms with van der Waals surface area (Å²) >= 11 is 6.04. The van der Waals surface area contributed by atoms with E-state index in [0.717, 1.165) is 5.56 Å². The Morgan fingerprint density at radius 2 is 1.89 bits per heavy atom. The van der Waals surface area contributed by atoms with Gasteiger partial charge in [-0.25, -0.2) is 15.2 Å². The standard InChI is InChI=1S/C18H24ClN5O4/c1-18(2,3)28-17(25)24-23-15-9-14(19)21-16(22-15)20-10-11-6-7-12(26-4)8-13(11)27-5/h6-9H,10H2,1-5H3,(H,24,25)(H2,20,21,22,23). The molecule has 0 saturated carbocycles. The SMILES string of the molecule is COc1ccc(CNc2nc(Cl)cc(NNC(=O)OC(C)(C)C)n2)c(OC)c1. The number of nitrogens with zero attached hydrogens (tertiary/aromatic N) is 2. The predicted molar refractivity (Wildman–Crippen MR) is 107 cm³/mol. The number of hydrogen-bond donors (Lipinski definition) is 3. The predicted octanol–water partition coefficient (Wildman–Crippen LogP) is 3.61. The molecule has 3 N–H and O–H groups in total. The molecule has 0 atom stereocenters. The van der Waals surface area contributed by atoms with Crippen LogP contribution in [0.1, 0.15) is 26.3 Å². The third kappa shape index (κ3) is 6.66. The van der Waals surface area contributed by atoms with Crippen molar-refractivity contribution in [2.75, 3.05) is 25.0 Å². The maximum Gasteiger partial charge on any atom is 0.426 e. The van der Waals surface area contributed by atoms with E-state index in [-0.39, 0.29) is 11.1 Å². The lowest BCUT2D eigenvalue weighted by molar-refractivity contribution is 0.0541. The van der Waals surface area contributed by atoms with E-state index in [1.165, 1.54) is 6.07 Å². The topological polar surface area (TPSA) is 107 Å². The zero-order chi connectivity index (χ0) is 20.7. The van der Waals surface area contributed by atoms with Gasteiger partial charge in [-0.05, 0) is 32.9 Å². The van der Waals surface area contributed by atoms with Gasteiger partial charge < -0.3 is 19.5 Å². The summed E-state index contributed by atoms with van der Waals surface area (Å²) in [5.41, 5.74) is 5.31. The number of hydrazine groups is 1. The van der Waals surface area contributed by atoms with Crippen LogP contribution < -0.4 is 25.6 Å². The smallest absolute Gasteiger partial charge is 0.426 e. The van der Waals surface area contributed by atoms with Crippen LogP contribution >= 0.6 is 11.6 Å². The monoisotopic (exact) mass is 409 g/mol. The largest absolute Gasteiger partial charge is 0.497 e. The molecule has 1 heterocycles. The molecule has 1 aromatic carbocycles. The molecule has 1 amide bonds.